The van der Waals surface area contributed by atoms with Gasteiger partial charge in [0.15, 0.2) is 17.5 Å². The molecule has 5 nitrogen and oxygen atoms in total. The molecular formula is C17H27FIN3O2. The van der Waals surface area contributed by atoms with E-state index in [4.69, 9.17) is 9.47 Å². The Balaban J connectivity index is 0.00000288. The maximum Gasteiger partial charge on any atom is 0.191 e. The van der Waals surface area contributed by atoms with Gasteiger partial charge in [-0.3, -0.25) is 4.99 Å². The first-order chi connectivity index (χ1) is 11.0. The van der Waals surface area contributed by atoms with E-state index in [1.165, 1.54) is 6.07 Å². The van der Waals surface area contributed by atoms with Gasteiger partial charge < -0.3 is 20.1 Å². The molecule has 7 heteroatoms. The van der Waals surface area contributed by atoms with Crippen molar-refractivity contribution in [3.8, 4) is 5.75 Å². The summed E-state index contributed by atoms with van der Waals surface area (Å²) < 4.78 is 24.9. The molecule has 0 amide bonds. The van der Waals surface area contributed by atoms with Crippen LogP contribution in [0.4, 0.5) is 4.39 Å². The van der Waals surface area contributed by atoms with Crippen molar-refractivity contribution in [3.05, 3.63) is 30.1 Å². The maximum absolute atomic E-state index is 13.6. The Kier molecular flexibility index (Phi) is 8.75. The van der Waals surface area contributed by atoms with Crippen molar-refractivity contribution in [2.75, 3.05) is 26.7 Å². The number of aliphatic imine (C=N–C) groups is 1. The number of hydrogen-bond acceptors (Lipinski definition) is 3. The van der Waals surface area contributed by atoms with Crippen molar-refractivity contribution in [2.45, 2.75) is 38.4 Å². The highest BCUT2D eigenvalue weighted by Gasteiger charge is 2.29. The van der Waals surface area contributed by atoms with Gasteiger partial charge in [-0.05, 0) is 38.8 Å². The molecule has 1 heterocycles. The summed E-state index contributed by atoms with van der Waals surface area (Å²) in [4.78, 5) is 4.19. The van der Waals surface area contributed by atoms with Gasteiger partial charge in [0.25, 0.3) is 0 Å². The molecular weight excluding hydrogens is 424 g/mol. The van der Waals surface area contributed by atoms with Gasteiger partial charge in [0.2, 0.25) is 0 Å². The molecule has 0 spiro atoms. The van der Waals surface area contributed by atoms with Crippen LogP contribution in [0.2, 0.25) is 0 Å². The average Bonchev–Trinajstić information content (AvgIpc) is 2.97. The lowest BCUT2D eigenvalue weighted by atomic mass is 10.0. The van der Waals surface area contributed by atoms with Crippen LogP contribution in [0.3, 0.4) is 0 Å². The summed E-state index contributed by atoms with van der Waals surface area (Å²) in [5, 5.41) is 6.45. The fourth-order valence-corrected chi connectivity index (χ4v) is 2.51. The van der Waals surface area contributed by atoms with Crippen LogP contribution >= 0.6 is 24.0 Å². The van der Waals surface area contributed by atoms with Crippen LogP contribution in [0.5, 0.6) is 5.75 Å². The van der Waals surface area contributed by atoms with Crippen LogP contribution in [0, 0.1) is 5.82 Å². The molecule has 2 rings (SSSR count). The first-order valence-corrected chi connectivity index (χ1v) is 8.02. The quantitative estimate of drug-likeness (QED) is 0.397. The third-order valence-electron chi connectivity index (χ3n) is 3.88. The fourth-order valence-electron chi connectivity index (χ4n) is 2.51. The number of ether oxygens (including phenoxy) is 2. The van der Waals surface area contributed by atoms with Gasteiger partial charge in [-0.2, -0.15) is 0 Å². The van der Waals surface area contributed by atoms with E-state index < -0.39 is 0 Å². The second-order valence-electron chi connectivity index (χ2n) is 6.07. The van der Waals surface area contributed by atoms with Crippen molar-refractivity contribution in [1.29, 1.82) is 0 Å². The van der Waals surface area contributed by atoms with E-state index in [0.717, 1.165) is 19.4 Å². The number of halogens is 2. The first-order valence-electron chi connectivity index (χ1n) is 8.02. The number of nitrogens with one attached hydrogen (secondary N) is 2. The van der Waals surface area contributed by atoms with Crippen molar-refractivity contribution < 1.29 is 13.9 Å². The Morgan fingerprint density at radius 1 is 1.42 bits per heavy atom. The van der Waals surface area contributed by atoms with E-state index in [9.17, 15) is 4.39 Å². The zero-order valence-electron chi connectivity index (χ0n) is 14.5. The van der Waals surface area contributed by atoms with Crippen LogP contribution in [0.25, 0.3) is 0 Å². The second kappa shape index (κ2) is 10.0. The van der Waals surface area contributed by atoms with Crippen LogP contribution in [0.15, 0.2) is 29.3 Å². The van der Waals surface area contributed by atoms with Gasteiger partial charge >= 0.3 is 0 Å². The van der Waals surface area contributed by atoms with E-state index in [0.29, 0.717) is 19.0 Å². The van der Waals surface area contributed by atoms with Gasteiger partial charge in [0.05, 0.1) is 12.1 Å². The highest BCUT2D eigenvalue weighted by atomic mass is 127. The number of nitrogens with zero attached hydrogens (tertiary/aromatic N) is 1. The molecule has 0 bridgehead atoms. The predicted octanol–water partition coefficient (Wildman–Crippen LogP) is 2.95. The summed E-state index contributed by atoms with van der Waals surface area (Å²) in [5.41, 5.74) is -0.132. The van der Waals surface area contributed by atoms with E-state index in [-0.39, 0.29) is 47.2 Å². The Labute approximate surface area is 160 Å². The van der Waals surface area contributed by atoms with Gasteiger partial charge in [0.1, 0.15) is 6.10 Å². The van der Waals surface area contributed by atoms with Gasteiger partial charge in [0, 0.05) is 20.2 Å². The van der Waals surface area contributed by atoms with E-state index in [1.807, 2.05) is 6.92 Å². The minimum absolute atomic E-state index is 0. The van der Waals surface area contributed by atoms with E-state index >= 15 is 0 Å². The molecule has 1 saturated heterocycles. The third kappa shape index (κ3) is 6.43. The normalized spacial score (nSPS) is 21.8. The number of hydrogen-bond donors (Lipinski definition) is 2. The van der Waals surface area contributed by atoms with E-state index in [2.05, 4.69) is 22.5 Å². The number of guanidine groups is 1. The molecule has 136 valence electrons. The highest BCUT2D eigenvalue weighted by Crippen LogP contribution is 2.23. The molecule has 1 aliphatic rings. The SMILES string of the molecule is CN=C(NCC(C)Oc1ccccc1F)NCC1(C)CCCO1.I. The molecule has 0 saturated carbocycles. The van der Waals surface area contributed by atoms with Crippen LogP contribution in [0.1, 0.15) is 26.7 Å². The highest BCUT2D eigenvalue weighted by molar-refractivity contribution is 14.0. The van der Waals surface area contributed by atoms with Crippen molar-refractivity contribution in [3.63, 3.8) is 0 Å². The number of benzene rings is 1. The molecule has 1 aliphatic heterocycles. The summed E-state index contributed by atoms with van der Waals surface area (Å²) in [6.45, 7) is 6.02. The Morgan fingerprint density at radius 3 is 2.79 bits per heavy atom. The molecule has 1 aromatic rings. The van der Waals surface area contributed by atoms with Gasteiger partial charge in [-0.15, -0.1) is 24.0 Å². The molecule has 2 N–H and O–H groups in total. The smallest absolute Gasteiger partial charge is 0.191 e. The number of rotatable bonds is 6. The first kappa shape index (κ1) is 21.0. The molecule has 2 atom stereocenters. The Morgan fingerprint density at radius 2 is 2.17 bits per heavy atom. The van der Waals surface area contributed by atoms with Gasteiger partial charge in [-0.1, -0.05) is 12.1 Å². The molecule has 2 unspecified atom stereocenters. The van der Waals surface area contributed by atoms with Crippen LogP contribution in [-0.2, 0) is 4.74 Å². The zero-order valence-corrected chi connectivity index (χ0v) is 16.8. The predicted molar refractivity (Wildman–Crippen MR) is 105 cm³/mol. The molecule has 0 aromatic heterocycles. The van der Waals surface area contributed by atoms with E-state index in [1.54, 1.807) is 25.2 Å². The lowest BCUT2D eigenvalue weighted by Gasteiger charge is -2.25. The lowest BCUT2D eigenvalue weighted by Crippen LogP contribution is -2.47. The molecule has 1 fully saturated rings. The Bertz CT molecular complexity index is 536. The monoisotopic (exact) mass is 451 g/mol. The van der Waals surface area contributed by atoms with Gasteiger partial charge in [-0.25, -0.2) is 4.39 Å². The molecule has 1 aromatic carbocycles. The largest absolute Gasteiger partial charge is 0.486 e. The van der Waals surface area contributed by atoms with Crippen molar-refractivity contribution in [1.82, 2.24) is 10.6 Å². The maximum atomic E-state index is 13.6. The minimum atomic E-state index is -0.354. The summed E-state index contributed by atoms with van der Waals surface area (Å²) in [6.07, 6.45) is 1.95. The van der Waals surface area contributed by atoms with Crippen molar-refractivity contribution in [2.24, 2.45) is 4.99 Å². The lowest BCUT2D eigenvalue weighted by molar-refractivity contribution is 0.0242. The van der Waals surface area contributed by atoms with Crippen molar-refractivity contribution >= 4 is 29.9 Å². The summed E-state index contributed by atoms with van der Waals surface area (Å²) in [5.74, 6) is 0.593. The third-order valence-corrected chi connectivity index (χ3v) is 3.88. The topological polar surface area (TPSA) is 54.9 Å². The summed E-state index contributed by atoms with van der Waals surface area (Å²) in [7, 11) is 1.72. The average molecular weight is 451 g/mol. The summed E-state index contributed by atoms with van der Waals surface area (Å²) in [6, 6.07) is 6.40. The Hall–Kier alpha value is -1.09. The second-order valence-corrected chi connectivity index (χ2v) is 6.07. The molecule has 24 heavy (non-hydrogen) atoms. The zero-order chi connectivity index (χ0) is 16.7. The minimum Gasteiger partial charge on any atom is -0.486 e. The van der Waals surface area contributed by atoms with Crippen LogP contribution < -0.4 is 15.4 Å². The molecule has 0 radical (unpaired) electrons. The standard InChI is InChI=1S/C17H26FN3O2.HI/c1-13(23-15-8-5-4-7-14(15)18)11-20-16(19-3)21-12-17(2)9-6-10-22-17;/h4-5,7-8,13H,6,9-12H2,1-3H3,(H2,19,20,21);1H. The fraction of sp³-hybridized carbons (Fsp3) is 0.588. The summed E-state index contributed by atoms with van der Waals surface area (Å²) >= 11 is 0. The van der Waals surface area contributed by atoms with Crippen LogP contribution in [-0.4, -0.2) is 44.4 Å². The molecule has 0 aliphatic carbocycles. The number of para-hydroxylation sites is 1.